The first-order valence-corrected chi connectivity index (χ1v) is 5.47. The van der Waals surface area contributed by atoms with Crippen LogP contribution in [-0.2, 0) is 11.3 Å². The number of aromatic nitrogens is 2. The first kappa shape index (κ1) is 11.7. The number of hydrogen-bond donors (Lipinski definition) is 3. The molecule has 7 heteroatoms. The number of nitrogens with one attached hydrogen (secondary N) is 2. The molecule has 1 aliphatic heterocycles. The first-order chi connectivity index (χ1) is 8.17. The van der Waals surface area contributed by atoms with Crippen LogP contribution in [0.5, 0.6) is 0 Å². The van der Waals surface area contributed by atoms with Crippen LogP contribution < -0.4 is 16.6 Å². The molecule has 0 unspecified atom stereocenters. The molecular formula is C10H16N6O. The number of carbonyl (C=O) groups is 1. The van der Waals surface area contributed by atoms with Gasteiger partial charge in [0, 0.05) is 24.8 Å². The summed E-state index contributed by atoms with van der Waals surface area (Å²) in [7, 11) is 0. The summed E-state index contributed by atoms with van der Waals surface area (Å²) < 4.78 is 0. The molecule has 1 fully saturated rings. The molecule has 7 nitrogen and oxygen atoms in total. The molecule has 0 aliphatic carbocycles. The number of nitrogens with zero attached hydrogens (tertiary/aromatic N) is 3. The summed E-state index contributed by atoms with van der Waals surface area (Å²) in [4.78, 5) is 21.8. The Morgan fingerprint density at radius 1 is 1.59 bits per heavy atom. The molecule has 1 aromatic heterocycles. The summed E-state index contributed by atoms with van der Waals surface area (Å²) in [6, 6.07) is 1.77. The van der Waals surface area contributed by atoms with Crippen molar-refractivity contribution in [3.63, 3.8) is 0 Å². The van der Waals surface area contributed by atoms with E-state index in [1.807, 2.05) is 11.8 Å². The molecule has 0 aromatic carbocycles. The van der Waals surface area contributed by atoms with Gasteiger partial charge in [0.15, 0.2) is 0 Å². The zero-order chi connectivity index (χ0) is 12.3. The SMILES string of the molecule is Cc1cc(NN)nc(CN2CCNC(=O)C2)n1. The standard InChI is InChI=1S/C10H16N6O/c1-7-4-8(15-11)14-9(13-7)5-16-3-2-12-10(17)6-16/h4H,2-3,5-6,11H2,1H3,(H,12,17)(H,13,14,15). The van der Waals surface area contributed by atoms with Crippen LogP contribution in [0.15, 0.2) is 6.07 Å². The van der Waals surface area contributed by atoms with Crippen LogP contribution in [0.1, 0.15) is 11.5 Å². The lowest BCUT2D eigenvalue weighted by Gasteiger charge is -2.25. The second-order valence-corrected chi connectivity index (χ2v) is 4.02. The summed E-state index contributed by atoms with van der Waals surface area (Å²) >= 11 is 0. The summed E-state index contributed by atoms with van der Waals surface area (Å²) in [5.41, 5.74) is 3.36. The number of rotatable bonds is 3. The zero-order valence-corrected chi connectivity index (χ0v) is 9.73. The lowest BCUT2D eigenvalue weighted by atomic mass is 10.3. The lowest BCUT2D eigenvalue weighted by Crippen LogP contribution is -2.47. The molecule has 0 saturated carbocycles. The summed E-state index contributed by atoms with van der Waals surface area (Å²) in [5, 5.41) is 2.78. The van der Waals surface area contributed by atoms with Gasteiger partial charge in [0.05, 0.1) is 13.1 Å². The van der Waals surface area contributed by atoms with Crippen molar-refractivity contribution >= 4 is 11.7 Å². The summed E-state index contributed by atoms with van der Waals surface area (Å²) in [6.45, 7) is 4.32. The van der Waals surface area contributed by atoms with Crippen molar-refractivity contribution in [3.8, 4) is 0 Å². The van der Waals surface area contributed by atoms with Gasteiger partial charge in [-0.1, -0.05) is 0 Å². The van der Waals surface area contributed by atoms with Crippen LogP contribution >= 0.6 is 0 Å². The van der Waals surface area contributed by atoms with E-state index in [4.69, 9.17) is 5.84 Å². The van der Waals surface area contributed by atoms with Crippen molar-refractivity contribution in [2.24, 2.45) is 5.84 Å². The van der Waals surface area contributed by atoms with E-state index in [0.29, 0.717) is 31.3 Å². The molecule has 4 N–H and O–H groups in total. The monoisotopic (exact) mass is 236 g/mol. The quantitative estimate of drug-likeness (QED) is 0.460. The Morgan fingerprint density at radius 3 is 3.12 bits per heavy atom. The number of anilines is 1. The minimum atomic E-state index is 0.0427. The number of aryl methyl sites for hydroxylation is 1. The molecule has 0 spiro atoms. The van der Waals surface area contributed by atoms with Gasteiger partial charge in [-0.3, -0.25) is 9.69 Å². The first-order valence-electron chi connectivity index (χ1n) is 5.47. The second-order valence-electron chi connectivity index (χ2n) is 4.02. The van der Waals surface area contributed by atoms with E-state index in [1.54, 1.807) is 6.07 Å². The zero-order valence-electron chi connectivity index (χ0n) is 9.73. The van der Waals surface area contributed by atoms with Crippen LogP contribution in [0.3, 0.4) is 0 Å². The minimum Gasteiger partial charge on any atom is -0.354 e. The van der Waals surface area contributed by atoms with Crippen LogP contribution in [-0.4, -0.2) is 40.4 Å². The average molecular weight is 236 g/mol. The van der Waals surface area contributed by atoms with E-state index in [2.05, 4.69) is 20.7 Å². The highest BCUT2D eigenvalue weighted by Crippen LogP contribution is 2.07. The summed E-state index contributed by atoms with van der Waals surface area (Å²) in [6.07, 6.45) is 0. The van der Waals surface area contributed by atoms with E-state index in [-0.39, 0.29) is 5.91 Å². The van der Waals surface area contributed by atoms with Crippen LogP contribution in [0, 0.1) is 6.92 Å². The Hall–Kier alpha value is -1.73. The molecule has 0 bridgehead atoms. The molecule has 1 aromatic rings. The predicted octanol–water partition coefficient (Wildman–Crippen LogP) is -0.998. The maximum absolute atomic E-state index is 11.2. The number of piperazine rings is 1. The molecule has 1 aliphatic rings. The maximum Gasteiger partial charge on any atom is 0.234 e. The van der Waals surface area contributed by atoms with Crippen molar-refractivity contribution in [1.29, 1.82) is 0 Å². The Labute approximate surface area is 99.4 Å². The highest BCUT2D eigenvalue weighted by Gasteiger charge is 2.17. The number of hydrazine groups is 1. The molecule has 2 heterocycles. The number of hydrogen-bond acceptors (Lipinski definition) is 6. The molecule has 1 saturated heterocycles. The van der Waals surface area contributed by atoms with Crippen molar-refractivity contribution in [2.45, 2.75) is 13.5 Å². The average Bonchev–Trinajstić information content (AvgIpc) is 2.28. The molecular weight excluding hydrogens is 220 g/mol. The largest absolute Gasteiger partial charge is 0.354 e. The van der Waals surface area contributed by atoms with E-state index < -0.39 is 0 Å². The fourth-order valence-corrected chi connectivity index (χ4v) is 1.80. The van der Waals surface area contributed by atoms with Gasteiger partial charge in [-0.15, -0.1) is 0 Å². The van der Waals surface area contributed by atoms with Gasteiger partial charge in [-0.05, 0) is 6.92 Å². The van der Waals surface area contributed by atoms with E-state index in [9.17, 15) is 4.79 Å². The highest BCUT2D eigenvalue weighted by molar-refractivity contribution is 5.78. The molecule has 0 atom stereocenters. The Balaban J connectivity index is 2.07. The third-order valence-electron chi connectivity index (χ3n) is 2.53. The molecule has 1 amide bonds. The van der Waals surface area contributed by atoms with Crippen LogP contribution in [0.4, 0.5) is 5.82 Å². The topological polar surface area (TPSA) is 96.2 Å². The van der Waals surface area contributed by atoms with E-state index in [1.165, 1.54) is 0 Å². The molecule has 0 radical (unpaired) electrons. The second kappa shape index (κ2) is 5.07. The van der Waals surface area contributed by atoms with Gasteiger partial charge in [0.25, 0.3) is 0 Å². The third kappa shape index (κ3) is 3.11. The molecule has 92 valence electrons. The number of carbonyl (C=O) groups excluding carboxylic acids is 1. The van der Waals surface area contributed by atoms with Gasteiger partial charge >= 0.3 is 0 Å². The fraction of sp³-hybridized carbons (Fsp3) is 0.500. The number of nitrogen functional groups attached to an aromatic ring is 1. The molecule has 2 rings (SSSR count). The number of nitrogens with two attached hydrogens (primary N) is 1. The van der Waals surface area contributed by atoms with Gasteiger partial charge in [0.2, 0.25) is 5.91 Å². The Kier molecular flexibility index (Phi) is 3.50. The van der Waals surface area contributed by atoms with Crippen LogP contribution in [0.25, 0.3) is 0 Å². The van der Waals surface area contributed by atoms with Crippen molar-refractivity contribution in [2.75, 3.05) is 25.1 Å². The van der Waals surface area contributed by atoms with Gasteiger partial charge in [-0.2, -0.15) is 0 Å². The van der Waals surface area contributed by atoms with Gasteiger partial charge in [-0.25, -0.2) is 15.8 Å². The summed E-state index contributed by atoms with van der Waals surface area (Å²) in [5.74, 6) is 6.63. The third-order valence-corrected chi connectivity index (χ3v) is 2.53. The highest BCUT2D eigenvalue weighted by atomic mass is 16.2. The van der Waals surface area contributed by atoms with Crippen molar-refractivity contribution in [3.05, 3.63) is 17.6 Å². The molecule has 17 heavy (non-hydrogen) atoms. The van der Waals surface area contributed by atoms with E-state index >= 15 is 0 Å². The van der Waals surface area contributed by atoms with E-state index in [0.717, 1.165) is 12.2 Å². The van der Waals surface area contributed by atoms with Crippen molar-refractivity contribution < 1.29 is 4.79 Å². The predicted molar refractivity (Wildman–Crippen MR) is 62.9 cm³/mol. The fourth-order valence-electron chi connectivity index (χ4n) is 1.80. The van der Waals surface area contributed by atoms with Gasteiger partial charge < -0.3 is 10.7 Å². The number of amides is 1. The van der Waals surface area contributed by atoms with Crippen LogP contribution in [0.2, 0.25) is 0 Å². The van der Waals surface area contributed by atoms with Crippen molar-refractivity contribution in [1.82, 2.24) is 20.2 Å². The lowest BCUT2D eigenvalue weighted by molar-refractivity contribution is -0.124. The van der Waals surface area contributed by atoms with Gasteiger partial charge in [0.1, 0.15) is 11.6 Å². The normalized spacial score (nSPS) is 16.7. The Bertz CT molecular complexity index is 421. The smallest absolute Gasteiger partial charge is 0.234 e. The maximum atomic E-state index is 11.2. The Morgan fingerprint density at radius 2 is 2.41 bits per heavy atom. The minimum absolute atomic E-state index is 0.0427.